The van der Waals surface area contributed by atoms with Crippen LogP contribution in [0.3, 0.4) is 0 Å². The van der Waals surface area contributed by atoms with Crippen molar-refractivity contribution in [2.45, 2.75) is 37.7 Å². The first kappa shape index (κ1) is 29.1. The van der Waals surface area contributed by atoms with Gasteiger partial charge >= 0.3 is 12.4 Å². The fourth-order valence-electron chi connectivity index (χ4n) is 2.85. The second kappa shape index (κ2) is 12.7. The fourth-order valence-corrected chi connectivity index (χ4v) is 3.31. The molecule has 0 radical (unpaired) electrons. The molecule has 0 saturated carbocycles. The second-order valence-corrected chi connectivity index (χ2v) is 8.32. The largest absolute Gasteiger partial charge is 0.467 e. The van der Waals surface area contributed by atoms with Crippen molar-refractivity contribution >= 4 is 34.0 Å². The fraction of sp³-hybridized carbons (Fsp3) is 0.429. The Morgan fingerprint density at radius 3 is 2.47 bits per heavy atom. The molecule has 1 heterocycles. The third-order valence-electron chi connectivity index (χ3n) is 4.63. The number of carbonyl (C=O) groups excluding carboxylic acids is 2. The van der Waals surface area contributed by atoms with Crippen molar-refractivity contribution < 1.29 is 40.7 Å². The van der Waals surface area contributed by atoms with Gasteiger partial charge in [-0.05, 0) is 41.3 Å². The molecule has 0 fully saturated rings. The predicted molar refractivity (Wildman–Crippen MR) is 121 cm³/mol. The number of nitrogens with two attached hydrogens (primary N) is 1. The van der Waals surface area contributed by atoms with Crippen molar-refractivity contribution in [3.8, 4) is 5.88 Å². The van der Waals surface area contributed by atoms with E-state index < -0.39 is 42.0 Å². The minimum Gasteiger partial charge on any atom is -0.467 e. The van der Waals surface area contributed by atoms with Gasteiger partial charge in [0.15, 0.2) is 6.61 Å². The summed E-state index contributed by atoms with van der Waals surface area (Å²) in [5, 5.41) is 4.63. The minimum atomic E-state index is -4.95. The zero-order valence-electron chi connectivity index (χ0n) is 18.5. The highest BCUT2D eigenvalue weighted by atomic mass is 79.9. The van der Waals surface area contributed by atoms with Crippen molar-refractivity contribution in [1.82, 2.24) is 15.6 Å². The summed E-state index contributed by atoms with van der Waals surface area (Å²) in [5.41, 5.74) is 2.67. The summed E-state index contributed by atoms with van der Waals surface area (Å²) in [6.45, 7) is -2.00. The van der Waals surface area contributed by atoms with E-state index in [9.17, 15) is 35.9 Å². The molecule has 0 saturated heterocycles. The number of halogens is 7. The van der Waals surface area contributed by atoms with Crippen LogP contribution in [0.2, 0.25) is 0 Å². The van der Waals surface area contributed by atoms with E-state index >= 15 is 0 Å². The summed E-state index contributed by atoms with van der Waals surface area (Å²) in [7, 11) is 0. The number of nitrogens with zero attached hydrogens (tertiary/aromatic N) is 2. The zero-order valence-corrected chi connectivity index (χ0v) is 20.1. The maximum atomic E-state index is 13.1. The molecule has 8 nitrogen and oxygen atoms in total. The van der Waals surface area contributed by atoms with Crippen LogP contribution in [-0.4, -0.2) is 61.1 Å². The number of carbonyl (C=O) groups is 2. The number of aromatic nitrogens is 1. The van der Waals surface area contributed by atoms with Gasteiger partial charge < -0.3 is 21.1 Å². The van der Waals surface area contributed by atoms with E-state index in [-0.39, 0.29) is 35.0 Å². The molecule has 4 N–H and O–H groups in total. The Labute approximate surface area is 210 Å². The zero-order chi connectivity index (χ0) is 26.9. The smallest absolute Gasteiger partial charge is 0.431 e. The summed E-state index contributed by atoms with van der Waals surface area (Å²) in [5.74, 6) is -2.19. The number of rotatable bonds is 9. The van der Waals surface area contributed by atoms with E-state index in [0.717, 1.165) is 18.8 Å². The number of allylic oxidation sites excluding steroid dienone is 2. The Kier molecular flexibility index (Phi) is 10.3. The van der Waals surface area contributed by atoms with E-state index in [4.69, 9.17) is 5.73 Å². The molecular formula is C21H22BrF6N5O3. The molecule has 0 bridgehead atoms. The number of pyridine rings is 1. The van der Waals surface area contributed by atoms with Crippen LogP contribution in [0, 0.1) is 0 Å². The summed E-state index contributed by atoms with van der Waals surface area (Å²) in [6.07, 6.45) is -2.07. The standard InChI is InChI=1S/C21H22BrF6N5O3/c22-15-8-12(9-33-19(15)36-11-20(23,24)25)17(34)30-6-7-31-18(35)14(16(29)21(26,27)28)10-32-13-4-2-1-3-5-13/h1-2,8-10,13H,3-7,11,29H2,(H,30,34)(H,31,35). The molecule has 198 valence electrons. The van der Waals surface area contributed by atoms with Gasteiger partial charge in [-0.25, -0.2) is 4.98 Å². The first-order valence-corrected chi connectivity index (χ1v) is 11.2. The highest BCUT2D eigenvalue weighted by Gasteiger charge is 2.36. The Balaban J connectivity index is 1.93. The average Bonchev–Trinajstić information content (AvgIpc) is 2.80. The van der Waals surface area contributed by atoms with E-state index in [1.54, 1.807) is 0 Å². The molecule has 0 aliphatic heterocycles. The molecule has 15 heteroatoms. The van der Waals surface area contributed by atoms with E-state index in [1.165, 1.54) is 6.07 Å². The van der Waals surface area contributed by atoms with Crippen LogP contribution in [0.15, 0.2) is 45.2 Å². The van der Waals surface area contributed by atoms with Gasteiger partial charge in [-0.3, -0.25) is 14.6 Å². The van der Waals surface area contributed by atoms with Gasteiger partial charge in [0, 0.05) is 25.5 Å². The van der Waals surface area contributed by atoms with Crippen LogP contribution in [0.5, 0.6) is 5.88 Å². The normalized spacial score (nSPS) is 17.0. The summed E-state index contributed by atoms with van der Waals surface area (Å²) in [6, 6.07) is 0.908. The Morgan fingerprint density at radius 1 is 1.19 bits per heavy atom. The van der Waals surface area contributed by atoms with E-state index in [0.29, 0.717) is 12.8 Å². The van der Waals surface area contributed by atoms with Crippen molar-refractivity contribution in [2.75, 3.05) is 19.7 Å². The van der Waals surface area contributed by atoms with Crippen LogP contribution < -0.4 is 21.1 Å². The molecule has 0 spiro atoms. The van der Waals surface area contributed by atoms with E-state index in [1.807, 2.05) is 12.2 Å². The Hall–Kier alpha value is -3.10. The maximum absolute atomic E-state index is 13.1. The van der Waals surface area contributed by atoms with Gasteiger partial charge in [0.25, 0.3) is 11.8 Å². The number of hydrogen-bond acceptors (Lipinski definition) is 6. The number of ether oxygens (including phenoxy) is 1. The van der Waals surface area contributed by atoms with Gasteiger partial charge in [0.05, 0.1) is 21.7 Å². The van der Waals surface area contributed by atoms with Crippen molar-refractivity contribution in [1.29, 1.82) is 0 Å². The lowest BCUT2D eigenvalue weighted by Gasteiger charge is -2.15. The summed E-state index contributed by atoms with van der Waals surface area (Å²) >= 11 is 2.96. The van der Waals surface area contributed by atoms with Gasteiger partial charge in [0.1, 0.15) is 5.70 Å². The molecule has 1 aliphatic rings. The highest BCUT2D eigenvalue weighted by Crippen LogP contribution is 2.26. The lowest BCUT2D eigenvalue weighted by molar-refractivity contribution is -0.154. The van der Waals surface area contributed by atoms with Gasteiger partial charge in [-0.15, -0.1) is 0 Å². The quantitative estimate of drug-likeness (QED) is 0.135. The average molecular weight is 586 g/mol. The van der Waals surface area contributed by atoms with Crippen molar-refractivity contribution in [3.05, 3.63) is 45.7 Å². The Bertz CT molecular complexity index is 1040. The topological polar surface area (TPSA) is 119 Å². The van der Waals surface area contributed by atoms with Crippen LogP contribution >= 0.6 is 15.9 Å². The molecule has 0 aromatic carbocycles. The molecule has 36 heavy (non-hydrogen) atoms. The van der Waals surface area contributed by atoms with E-state index in [2.05, 4.69) is 41.3 Å². The maximum Gasteiger partial charge on any atom is 0.431 e. The third-order valence-corrected chi connectivity index (χ3v) is 5.20. The van der Waals surface area contributed by atoms with Gasteiger partial charge in [0.2, 0.25) is 5.88 Å². The molecular weight excluding hydrogens is 564 g/mol. The summed E-state index contributed by atoms with van der Waals surface area (Å²) < 4.78 is 80.6. The molecule has 1 aliphatic carbocycles. The first-order valence-electron chi connectivity index (χ1n) is 10.4. The van der Waals surface area contributed by atoms with Crippen LogP contribution in [0.1, 0.15) is 29.6 Å². The van der Waals surface area contributed by atoms with Crippen molar-refractivity contribution in [3.63, 3.8) is 0 Å². The number of hydrogen-bond donors (Lipinski definition) is 3. The molecule has 2 rings (SSSR count). The van der Waals surface area contributed by atoms with Gasteiger partial charge in [-0.1, -0.05) is 12.2 Å². The monoisotopic (exact) mass is 585 g/mol. The number of nitrogens with one attached hydrogen (secondary N) is 2. The molecule has 1 aromatic heterocycles. The number of alkyl halides is 6. The second-order valence-electron chi connectivity index (χ2n) is 7.47. The third kappa shape index (κ3) is 9.51. The van der Waals surface area contributed by atoms with Crippen LogP contribution in [-0.2, 0) is 4.79 Å². The Morgan fingerprint density at radius 2 is 1.89 bits per heavy atom. The lowest BCUT2D eigenvalue weighted by Crippen LogP contribution is -2.37. The van der Waals surface area contributed by atoms with Gasteiger partial charge in [-0.2, -0.15) is 26.3 Å². The molecule has 1 aromatic rings. The predicted octanol–water partition coefficient (Wildman–Crippen LogP) is 3.59. The SMILES string of the molecule is NC(=C(C=NC1CC=CCC1)C(=O)NCCNC(=O)c1cnc(OCC(F)(F)F)c(Br)c1)C(F)(F)F. The molecule has 1 atom stereocenters. The number of aliphatic imine (C=N–C) groups is 1. The summed E-state index contributed by atoms with van der Waals surface area (Å²) in [4.78, 5) is 32.3. The van der Waals surface area contributed by atoms with Crippen LogP contribution in [0.25, 0.3) is 0 Å². The number of amides is 2. The highest BCUT2D eigenvalue weighted by molar-refractivity contribution is 9.10. The van der Waals surface area contributed by atoms with Crippen molar-refractivity contribution in [2.24, 2.45) is 10.7 Å². The molecule has 2 amide bonds. The molecule has 1 unspecified atom stereocenters. The first-order chi connectivity index (χ1) is 16.8. The lowest BCUT2D eigenvalue weighted by atomic mass is 10.0. The minimum absolute atomic E-state index is 0.00199. The van der Waals surface area contributed by atoms with Crippen LogP contribution in [0.4, 0.5) is 26.3 Å².